The number of nitrogens with zero attached hydrogens (tertiary/aromatic N) is 1. The average Bonchev–Trinajstić information content (AvgIpc) is 2.23. The number of likely N-dealkylation sites (N-methyl/N-ethyl adjacent to an activating group) is 1. The molecule has 0 aliphatic rings. The lowest BCUT2D eigenvalue weighted by molar-refractivity contribution is -0.160. The number of nitrogens with one attached hydrogen (secondary N) is 1. The number of rotatable bonds is 7. The molecule has 0 rings (SSSR count). The maximum Gasteiger partial charge on any atom is 0.333 e. The fourth-order valence-corrected chi connectivity index (χ4v) is 1.03. The Morgan fingerprint density at radius 2 is 1.78 bits per heavy atom. The molecule has 0 amide bonds. The summed E-state index contributed by atoms with van der Waals surface area (Å²) >= 11 is 0. The molecule has 0 aromatic heterocycles. The third kappa shape index (κ3) is 8.08. The number of carboxylic acid groups (broad SMARTS) is 1. The molecule has 18 heavy (non-hydrogen) atoms. The second-order valence-electron chi connectivity index (χ2n) is 3.69. The Kier molecular flexibility index (Phi) is 7.10. The van der Waals surface area contributed by atoms with Gasteiger partial charge in [0.05, 0.1) is 0 Å². The predicted molar refractivity (Wildman–Crippen MR) is 61.7 cm³/mol. The highest BCUT2D eigenvalue weighted by Crippen LogP contribution is 2.01. The summed E-state index contributed by atoms with van der Waals surface area (Å²) in [4.78, 5) is 33.7. The summed E-state index contributed by atoms with van der Waals surface area (Å²) in [5.41, 5.74) is 5.10. The van der Waals surface area contributed by atoms with E-state index in [4.69, 9.17) is 16.2 Å². The summed E-state index contributed by atoms with van der Waals surface area (Å²) in [6.07, 6.45) is 0.671. The first kappa shape index (κ1) is 15.9. The molecular formula is C10H17N3O5. The van der Waals surface area contributed by atoms with Gasteiger partial charge in [-0.3, -0.25) is 15.0 Å². The first-order valence-electron chi connectivity index (χ1n) is 5.33. The van der Waals surface area contributed by atoms with Gasteiger partial charge in [-0.25, -0.2) is 4.79 Å². The number of carboxylic acids is 1. The fraction of sp³-hybridized carbons (Fsp3) is 0.600. The lowest BCUT2D eigenvalue weighted by Gasteiger charge is -2.14. The smallest absolute Gasteiger partial charge is 0.333 e. The summed E-state index contributed by atoms with van der Waals surface area (Å²) in [5, 5.41) is 15.4. The minimum absolute atomic E-state index is 0.0111. The van der Waals surface area contributed by atoms with E-state index in [0.717, 1.165) is 4.90 Å². The summed E-state index contributed by atoms with van der Waals surface area (Å²) < 4.78 is 4.46. The van der Waals surface area contributed by atoms with E-state index in [2.05, 4.69) is 4.74 Å². The Hall–Kier alpha value is -2.12. The van der Waals surface area contributed by atoms with E-state index in [0.29, 0.717) is 12.8 Å². The van der Waals surface area contributed by atoms with Gasteiger partial charge in [0.25, 0.3) is 0 Å². The van der Waals surface area contributed by atoms with Gasteiger partial charge in [-0.1, -0.05) is 0 Å². The van der Waals surface area contributed by atoms with Crippen molar-refractivity contribution >= 4 is 23.9 Å². The van der Waals surface area contributed by atoms with Crippen LogP contribution >= 0.6 is 0 Å². The van der Waals surface area contributed by atoms with Crippen molar-refractivity contribution in [3.05, 3.63) is 0 Å². The largest absolute Gasteiger partial charge is 0.481 e. The molecular weight excluding hydrogens is 242 g/mol. The van der Waals surface area contributed by atoms with Crippen LogP contribution in [0.15, 0.2) is 0 Å². The first-order valence-corrected chi connectivity index (χ1v) is 5.33. The Morgan fingerprint density at radius 3 is 2.28 bits per heavy atom. The number of unbranched alkanes of at least 4 members (excludes halogenated alkanes) is 1. The molecule has 0 radical (unpaired) electrons. The van der Waals surface area contributed by atoms with Crippen molar-refractivity contribution in [3.8, 4) is 0 Å². The number of ether oxygens (including phenoxy) is 1. The number of hydrogen-bond donors (Lipinski definition) is 3. The lowest BCUT2D eigenvalue weighted by atomic mass is 10.2. The normalized spacial score (nSPS) is 9.61. The van der Waals surface area contributed by atoms with Crippen LogP contribution in [0.4, 0.5) is 0 Å². The van der Waals surface area contributed by atoms with Gasteiger partial charge in [-0.05, 0) is 12.8 Å². The van der Waals surface area contributed by atoms with Crippen LogP contribution in [0.2, 0.25) is 0 Å². The number of carbonyl (C=O) groups is 3. The Morgan fingerprint density at radius 1 is 1.22 bits per heavy atom. The van der Waals surface area contributed by atoms with Gasteiger partial charge in [0, 0.05) is 19.9 Å². The van der Waals surface area contributed by atoms with Gasteiger partial charge in [0.2, 0.25) is 0 Å². The molecule has 0 spiro atoms. The molecule has 0 atom stereocenters. The number of guanidine groups is 1. The zero-order chi connectivity index (χ0) is 14.1. The molecule has 8 heteroatoms. The van der Waals surface area contributed by atoms with Crippen LogP contribution in [0, 0.1) is 5.41 Å². The van der Waals surface area contributed by atoms with Crippen LogP contribution in [0.5, 0.6) is 0 Å². The van der Waals surface area contributed by atoms with E-state index < -0.39 is 17.9 Å². The van der Waals surface area contributed by atoms with E-state index in [9.17, 15) is 14.4 Å². The zero-order valence-electron chi connectivity index (χ0n) is 10.1. The molecule has 102 valence electrons. The number of carbonyl (C=O) groups excluding carboxylic acids is 2. The van der Waals surface area contributed by atoms with Crippen LogP contribution in [-0.4, -0.2) is 47.5 Å². The number of esters is 2. The van der Waals surface area contributed by atoms with Gasteiger partial charge >= 0.3 is 17.9 Å². The summed E-state index contributed by atoms with van der Waals surface area (Å²) in [6, 6.07) is 0. The molecule has 0 saturated carbocycles. The van der Waals surface area contributed by atoms with E-state index >= 15 is 0 Å². The van der Waals surface area contributed by atoms with Gasteiger partial charge in [0.15, 0.2) is 5.96 Å². The number of aliphatic carboxylic acids is 1. The molecule has 0 bridgehead atoms. The molecule has 0 fully saturated rings. The van der Waals surface area contributed by atoms with E-state index in [1.807, 2.05) is 0 Å². The van der Waals surface area contributed by atoms with Crippen molar-refractivity contribution in [1.29, 1.82) is 5.41 Å². The standard InChI is InChI=1S/C10H17N3O5/c1-13(10(11)12)6-9(17)18-8(16)5-3-2-4-7(14)15/h2-6H2,1H3,(H3,11,12)(H,14,15). The van der Waals surface area contributed by atoms with Crippen molar-refractivity contribution in [2.24, 2.45) is 5.73 Å². The minimum Gasteiger partial charge on any atom is -0.481 e. The predicted octanol–water partition coefficient (Wildman–Crippen LogP) is -0.474. The molecule has 4 N–H and O–H groups in total. The fourth-order valence-electron chi connectivity index (χ4n) is 1.03. The molecule has 0 aromatic rings. The highest BCUT2D eigenvalue weighted by atomic mass is 16.6. The number of nitrogens with two attached hydrogens (primary N) is 1. The lowest BCUT2D eigenvalue weighted by Crippen LogP contribution is -2.37. The Bertz CT molecular complexity index is 342. The van der Waals surface area contributed by atoms with Crippen LogP contribution in [0.25, 0.3) is 0 Å². The zero-order valence-corrected chi connectivity index (χ0v) is 10.1. The first-order chi connectivity index (χ1) is 8.32. The van der Waals surface area contributed by atoms with Crippen molar-refractivity contribution in [2.45, 2.75) is 25.7 Å². The minimum atomic E-state index is -0.928. The second-order valence-corrected chi connectivity index (χ2v) is 3.69. The SMILES string of the molecule is CN(CC(=O)OC(=O)CCCCC(=O)O)C(=N)N. The summed E-state index contributed by atoms with van der Waals surface area (Å²) in [5.74, 6) is -2.73. The van der Waals surface area contributed by atoms with Gasteiger partial charge in [-0.2, -0.15) is 0 Å². The highest BCUT2D eigenvalue weighted by Gasteiger charge is 2.13. The Balaban J connectivity index is 3.77. The molecule has 8 nitrogen and oxygen atoms in total. The summed E-state index contributed by atoms with van der Waals surface area (Å²) in [7, 11) is 1.42. The number of hydrogen-bond acceptors (Lipinski definition) is 5. The topological polar surface area (TPSA) is 134 Å². The van der Waals surface area contributed by atoms with Crippen molar-refractivity contribution in [1.82, 2.24) is 4.90 Å². The molecule has 0 heterocycles. The Labute approximate surface area is 104 Å². The monoisotopic (exact) mass is 259 g/mol. The maximum atomic E-state index is 11.2. The maximum absolute atomic E-state index is 11.2. The van der Waals surface area contributed by atoms with Gasteiger partial charge in [0.1, 0.15) is 6.54 Å². The van der Waals surface area contributed by atoms with Gasteiger partial charge in [-0.15, -0.1) is 0 Å². The third-order valence-corrected chi connectivity index (χ3v) is 2.03. The van der Waals surface area contributed by atoms with Crippen LogP contribution in [0.3, 0.4) is 0 Å². The molecule has 0 aliphatic heterocycles. The molecule has 0 aliphatic carbocycles. The van der Waals surface area contributed by atoms with E-state index in [-0.39, 0.29) is 25.3 Å². The quantitative estimate of drug-likeness (QED) is 0.185. The molecule has 0 saturated heterocycles. The third-order valence-electron chi connectivity index (χ3n) is 2.03. The molecule has 0 aromatic carbocycles. The van der Waals surface area contributed by atoms with Crippen molar-refractivity contribution < 1.29 is 24.2 Å². The van der Waals surface area contributed by atoms with Crippen LogP contribution in [0.1, 0.15) is 25.7 Å². The average molecular weight is 259 g/mol. The summed E-state index contributed by atoms with van der Waals surface area (Å²) in [6.45, 7) is -0.282. The van der Waals surface area contributed by atoms with Gasteiger partial charge < -0.3 is 20.5 Å². The van der Waals surface area contributed by atoms with E-state index in [1.54, 1.807) is 0 Å². The molecule has 0 unspecified atom stereocenters. The van der Waals surface area contributed by atoms with Crippen molar-refractivity contribution in [2.75, 3.05) is 13.6 Å². The van der Waals surface area contributed by atoms with Crippen LogP contribution in [-0.2, 0) is 19.1 Å². The second kappa shape index (κ2) is 8.04. The van der Waals surface area contributed by atoms with Crippen LogP contribution < -0.4 is 5.73 Å². The highest BCUT2D eigenvalue weighted by molar-refractivity contribution is 5.88. The van der Waals surface area contributed by atoms with Crippen molar-refractivity contribution in [3.63, 3.8) is 0 Å². The van der Waals surface area contributed by atoms with E-state index in [1.165, 1.54) is 7.05 Å².